The van der Waals surface area contributed by atoms with E-state index in [1.54, 1.807) is 10.9 Å². The van der Waals surface area contributed by atoms with E-state index in [0.29, 0.717) is 17.9 Å². The topological polar surface area (TPSA) is 76.2 Å². The number of anilines is 1. The summed E-state index contributed by atoms with van der Waals surface area (Å²) in [5.74, 6) is -0.117. The largest absolute Gasteiger partial charge is 0.396 e. The van der Waals surface area contributed by atoms with Crippen LogP contribution in [0.5, 0.6) is 0 Å². The number of aryl methyl sites for hydroxylation is 1. The van der Waals surface area contributed by atoms with Gasteiger partial charge in [0, 0.05) is 32.2 Å². The monoisotopic (exact) mass is 327 g/mol. The molecule has 1 aliphatic rings. The van der Waals surface area contributed by atoms with Gasteiger partial charge in [0.1, 0.15) is 5.69 Å². The van der Waals surface area contributed by atoms with Crippen molar-refractivity contribution in [1.29, 1.82) is 0 Å². The molecule has 6 nitrogen and oxygen atoms in total. The molecule has 1 saturated heterocycles. The molecule has 0 bridgehead atoms. The quantitative estimate of drug-likeness (QED) is 0.879. The lowest BCUT2D eigenvalue weighted by Crippen LogP contribution is -2.44. The third-order valence-corrected chi connectivity index (χ3v) is 4.55. The second-order valence-electron chi connectivity index (χ2n) is 6.27. The van der Waals surface area contributed by atoms with E-state index in [-0.39, 0.29) is 11.9 Å². The second kappa shape index (κ2) is 7.49. The summed E-state index contributed by atoms with van der Waals surface area (Å²) in [4.78, 5) is 14.9. The Bertz CT molecular complexity index is 674. The zero-order valence-electron chi connectivity index (χ0n) is 14.1. The Morgan fingerprint density at radius 3 is 2.67 bits per heavy atom. The number of likely N-dealkylation sites (tertiary alicyclic amines) is 1. The third-order valence-electron chi connectivity index (χ3n) is 4.55. The summed E-state index contributed by atoms with van der Waals surface area (Å²) in [5.41, 5.74) is 8.13. The molecule has 6 heteroatoms. The lowest BCUT2D eigenvalue weighted by Gasteiger charge is -2.32. The molecule has 0 atom stereocenters. The van der Waals surface area contributed by atoms with Gasteiger partial charge in [-0.15, -0.1) is 0 Å². The molecule has 0 unspecified atom stereocenters. The van der Waals surface area contributed by atoms with Crippen molar-refractivity contribution in [1.82, 2.24) is 20.0 Å². The van der Waals surface area contributed by atoms with Crippen molar-refractivity contribution in [3.8, 4) is 0 Å². The van der Waals surface area contributed by atoms with Crippen LogP contribution in [0.1, 0.15) is 35.8 Å². The average Bonchev–Trinajstić information content (AvgIpc) is 2.98. The maximum Gasteiger partial charge on any atom is 0.271 e. The normalized spacial score (nSPS) is 16.2. The second-order valence-corrected chi connectivity index (χ2v) is 6.27. The van der Waals surface area contributed by atoms with Gasteiger partial charge in [0.2, 0.25) is 0 Å². The molecule has 1 aromatic heterocycles. The van der Waals surface area contributed by atoms with Crippen LogP contribution in [0.25, 0.3) is 0 Å². The van der Waals surface area contributed by atoms with Gasteiger partial charge in [-0.05, 0) is 25.3 Å². The average molecular weight is 327 g/mol. The van der Waals surface area contributed by atoms with Gasteiger partial charge in [0.05, 0.1) is 11.9 Å². The van der Waals surface area contributed by atoms with E-state index < -0.39 is 0 Å². The molecular formula is C18H25N5O. The fraction of sp³-hybridized carbons (Fsp3) is 0.444. The number of nitrogens with one attached hydrogen (secondary N) is 1. The van der Waals surface area contributed by atoms with Crippen LogP contribution in [0.15, 0.2) is 36.5 Å². The zero-order valence-corrected chi connectivity index (χ0v) is 14.1. The van der Waals surface area contributed by atoms with E-state index in [1.165, 1.54) is 5.56 Å². The maximum absolute atomic E-state index is 12.5. The zero-order chi connectivity index (χ0) is 16.9. The molecule has 24 heavy (non-hydrogen) atoms. The molecule has 1 aromatic carbocycles. The van der Waals surface area contributed by atoms with Crippen molar-refractivity contribution in [2.24, 2.45) is 0 Å². The summed E-state index contributed by atoms with van der Waals surface area (Å²) in [6.07, 6.45) is 3.46. The van der Waals surface area contributed by atoms with Gasteiger partial charge in [-0.25, -0.2) is 0 Å². The van der Waals surface area contributed by atoms with Gasteiger partial charge >= 0.3 is 0 Å². The number of benzene rings is 1. The number of nitrogens with zero attached hydrogens (tertiary/aromatic N) is 3. The molecule has 0 saturated carbocycles. The minimum Gasteiger partial charge on any atom is -0.396 e. The number of carbonyl (C=O) groups is 1. The van der Waals surface area contributed by atoms with Crippen molar-refractivity contribution in [3.63, 3.8) is 0 Å². The first-order valence-electron chi connectivity index (χ1n) is 8.55. The van der Waals surface area contributed by atoms with E-state index >= 15 is 0 Å². The first-order chi connectivity index (χ1) is 11.7. The molecule has 1 aliphatic heterocycles. The lowest BCUT2D eigenvalue weighted by molar-refractivity contribution is 0.0899. The highest BCUT2D eigenvalue weighted by Gasteiger charge is 2.23. The third kappa shape index (κ3) is 3.76. The van der Waals surface area contributed by atoms with Gasteiger partial charge in [0.15, 0.2) is 0 Å². The van der Waals surface area contributed by atoms with Gasteiger partial charge in [-0.2, -0.15) is 5.10 Å². The number of aromatic nitrogens is 2. The first kappa shape index (κ1) is 16.5. The van der Waals surface area contributed by atoms with Crippen molar-refractivity contribution < 1.29 is 4.79 Å². The Morgan fingerprint density at radius 2 is 2.00 bits per heavy atom. The molecule has 2 aromatic rings. The van der Waals surface area contributed by atoms with Crippen molar-refractivity contribution in [3.05, 3.63) is 47.8 Å². The molecule has 1 amide bonds. The summed E-state index contributed by atoms with van der Waals surface area (Å²) >= 11 is 0. The molecule has 2 heterocycles. The lowest BCUT2D eigenvalue weighted by atomic mass is 10.0. The smallest absolute Gasteiger partial charge is 0.271 e. The van der Waals surface area contributed by atoms with Crippen LogP contribution in [0.4, 0.5) is 5.69 Å². The number of carbonyl (C=O) groups excluding carboxylic acids is 1. The highest BCUT2D eigenvalue weighted by molar-refractivity contribution is 5.97. The number of hydrogen-bond donors (Lipinski definition) is 2. The van der Waals surface area contributed by atoms with Crippen LogP contribution < -0.4 is 11.1 Å². The van der Waals surface area contributed by atoms with E-state index in [1.807, 2.05) is 13.0 Å². The van der Waals surface area contributed by atoms with Crippen molar-refractivity contribution in [2.75, 3.05) is 18.8 Å². The van der Waals surface area contributed by atoms with E-state index in [0.717, 1.165) is 32.5 Å². The molecule has 128 valence electrons. The number of amides is 1. The van der Waals surface area contributed by atoms with Gasteiger partial charge in [-0.1, -0.05) is 30.3 Å². The Hall–Kier alpha value is -2.34. The van der Waals surface area contributed by atoms with Crippen molar-refractivity contribution in [2.45, 2.75) is 38.9 Å². The van der Waals surface area contributed by atoms with Gasteiger partial charge < -0.3 is 11.1 Å². The van der Waals surface area contributed by atoms with Crippen LogP contribution >= 0.6 is 0 Å². The maximum atomic E-state index is 12.5. The van der Waals surface area contributed by atoms with Gasteiger partial charge in [-0.3, -0.25) is 14.4 Å². The summed E-state index contributed by atoms with van der Waals surface area (Å²) in [6, 6.07) is 10.7. The SMILES string of the molecule is CCn1ncc(N)c1C(=O)NC1CCN(Cc2ccccc2)CC1. The number of piperidine rings is 1. The summed E-state index contributed by atoms with van der Waals surface area (Å²) in [6.45, 7) is 5.53. The van der Waals surface area contributed by atoms with E-state index in [4.69, 9.17) is 5.73 Å². The number of nitrogens with two attached hydrogens (primary N) is 1. The highest BCUT2D eigenvalue weighted by atomic mass is 16.2. The summed E-state index contributed by atoms with van der Waals surface area (Å²) < 4.78 is 1.65. The minimum absolute atomic E-state index is 0.117. The summed E-state index contributed by atoms with van der Waals surface area (Å²) in [7, 11) is 0. The fourth-order valence-electron chi connectivity index (χ4n) is 3.22. The van der Waals surface area contributed by atoms with Crippen molar-refractivity contribution >= 4 is 11.6 Å². The molecule has 1 fully saturated rings. The molecule has 3 rings (SSSR count). The molecule has 0 aliphatic carbocycles. The Balaban J connectivity index is 1.52. The Morgan fingerprint density at radius 1 is 1.29 bits per heavy atom. The van der Waals surface area contributed by atoms with Crippen LogP contribution in [0.2, 0.25) is 0 Å². The Labute approximate surface area is 142 Å². The molecule has 3 N–H and O–H groups in total. The predicted molar refractivity (Wildman–Crippen MR) is 94.5 cm³/mol. The van der Waals surface area contributed by atoms with E-state index in [2.05, 4.69) is 39.6 Å². The predicted octanol–water partition coefficient (Wildman–Crippen LogP) is 1.88. The Kier molecular flexibility index (Phi) is 5.15. The molecule has 0 spiro atoms. The van der Waals surface area contributed by atoms with Crippen LogP contribution in [0.3, 0.4) is 0 Å². The molecular weight excluding hydrogens is 302 g/mol. The van der Waals surface area contributed by atoms with Gasteiger partial charge in [0.25, 0.3) is 5.91 Å². The number of nitrogen functional groups attached to an aromatic ring is 1. The minimum atomic E-state index is -0.117. The first-order valence-corrected chi connectivity index (χ1v) is 8.55. The van der Waals surface area contributed by atoms with Crippen LogP contribution in [0, 0.1) is 0 Å². The highest BCUT2D eigenvalue weighted by Crippen LogP contribution is 2.16. The van der Waals surface area contributed by atoms with Crippen LogP contribution in [-0.4, -0.2) is 39.7 Å². The molecule has 0 radical (unpaired) electrons. The van der Waals surface area contributed by atoms with E-state index in [9.17, 15) is 4.79 Å². The standard InChI is InChI=1S/C18H25N5O/c1-2-23-17(16(19)12-20-23)18(24)21-15-8-10-22(11-9-15)13-14-6-4-3-5-7-14/h3-7,12,15H,2,8-11,13,19H2,1H3,(H,21,24). The number of rotatable bonds is 5. The summed E-state index contributed by atoms with van der Waals surface area (Å²) in [5, 5.41) is 7.24. The fourth-order valence-corrected chi connectivity index (χ4v) is 3.22. The van der Waals surface area contributed by atoms with Crippen LogP contribution in [-0.2, 0) is 13.1 Å². The number of hydrogen-bond acceptors (Lipinski definition) is 4.